The molecule has 130 valence electrons. The van der Waals surface area contributed by atoms with Gasteiger partial charge >= 0.3 is 0 Å². The molecule has 8 heteroatoms. The molecule has 25 heavy (non-hydrogen) atoms. The molecular formula is C17H19N5O2S. The van der Waals surface area contributed by atoms with Crippen molar-refractivity contribution in [3.63, 3.8) is 0 Å². The number of hydrogen-bond donors (Lipinski definition) is 1. The van der Waals surface area contributed by atoms with E-state index < -0.39 is 10.0 Å². The Morgan fingerprint density at radius 2 is 2.08 bits per heavy atom. The van der Waals surface area contributed by atoms with E-state index in [2.05, 4.69) is 19.6 Å². The van der Waals surface area contributed by atoms with Crippen molar-refractivity contribution < 1.29 is 8.42 Å². The minimum atomic E-state index is -3.31. The first kappa shape index (κ1) is 15.9. The molecule has 1 aliphatic rings. The number of benzene rings is 1. The lowest BCUT2D eigenvalue weighted by Gasteiger charge is -2.17. The zero-order valence-electron chi connectivity index (χ0n) is 14.0. The standard InChI is InChI=1S/C17H19N5O2S/c1-21(14-6-7-14)16-17-19-11-15(22(17)9-8-18-16)12-4-3-5-13(10-12)20-25(2,23)24/h3-5,8-11,14,20H,6-7H2,1-2H3. The number of hydrogen-bond acceptors (Lipinski definition) is 5. The molecule has 0 spiro atoms. The second-order valence-electron chi connectivity index (χ2n) is 6.39. The zero-order valence-corrected chi connectivity index (χ0v) is 14.9. The molecule has 2 aromatic heterocycles. The van der Waals surface area contributed by atoms with Gasteiger partial charge in [-0.05, 0) is 25.0 Å². The SMILES string of the molecule is CN(c1nccn2c(-c3cccc(NS(C)(=O)=O)c3)cnc12)C1CC1. The van der Waals surface area contributed by atoms with Gasteiger partial charge in [0.05, 0.1) is 18.1 Å². The predicted octanol–water partition coefficient (Wildman–Crippen LogP) is 2.37. The number of fused-ring (bicyclic) bond motifs is 1. The van der Waals surface area contributed by atoms with E-state index in [9.17, 15) is 8.42 Å². The van der Waals surface area contributed by atoms with Crippen molar-refractivity contribution in [3.8, 4) is 11.3 Å². The van der Waals surface area contributed by atoms with Crippen LogP contribution in [0.1, 0.15) is 12.8 Å². The van der Waals surface area contributed by atoms with Crippen molar-refractivity contribution in [1.29, 1.82) is 0 Å². The van der Waals surface area contributed by atoms with Crippen LogP contribution in [0.3, 0.4) is 0 Å². The summed E-state index contributed by atoms with van der Waals surface area (Å²) in [6.07, 6.45) is 8.95. The second kappa shape index (κ2) is 5.73. The minimum absolute atomic E-state index is 0.527. The summed E-state index contributed by atoms with van der Waals surface area (Å²) in [5.41, 5.74) is 3.10. The molecule has 0 amide bonds. The Hall–Kier alpha value is -2.61. The fourth-order valence-electron chi connectivity index (χ4n) is 2.96. The molecule has 3 aromatic rings. The molecule has 0 unspecified atom stereocenters. The van der Waals surface area contributed by atoms with E-state index in [1.54, 1.807) is 24.5 Å². The molecule has 0 radical (unpaired) electrons. The summed E-state index contributed by atoms with van der Waals surface area (Å²) in [5.74, 6) is 0.863. The Labute approximate surface area is 146 Å². The number of nitrogens with zero attached hydrogens (tertiary/aromatic N) is 4. The summed E-state index contributed by atoms with van der Waals surface area (Å²) < 4.78 is 27.4. The van der Waals surface area contributed by atoms with Gasteiger partial charge in [0.2, 0.25) is 10.0 Å². The molecule has 0 aliphatic heterocycles. The van der Waals surface area contributed by atoms with Crippen LogP contribution < -0.4 is 9.62 Å². The Bertz CT molecular complexity index is 1040. The number of sulfonamides is 1. The second-order valence-corrected chi connectivity index (χ2v) is 8.13. The molecular weight excluding hydrogens is 338 g/mol. The lowest BCUT2D eigenvalue weighted by Crippen LogP contribution is -2.21. The maximum atomic E-state index is 11.5. The van der Waals surface area contributed by atoms with Crippen LogP contribution in [0.5, 0.6) is 0 Å². The third-order valence-electron chi connectivity index (χ3n) is 4.30. The highest BCUT2D eigenvalue weighted by Crippen LogP contribution is 2.32. The highest BCUT2D eigenvalue weighted by atomic mass is 32.2. The maximum absolute atomic E-state index is 11.5. The number of anilines is 2. The maximum Gasteiger partial charge on any atom is 0.229 e. The van der Waals surface area contributed by atoms with Gasteiger partial charge in [0.25, 0.3) is 0 Å². The van der Waals surface area contributed by atoms with Crippen molar-refractivity contribution in [2.24, 2.45) is 0 Å². The first-order valence-corrected chi connectivity index (χ1v) is 9.95. The van der Waals surface area contributed by atoms with Gasteiger partial charge in [-0.3, -0.25) is 9.12 Å². The molecule has 2 heterocycles. The quantitative estimate of drug-likeness (QED) is 0.758. The van der Waals surface area contributed by atoms with Crippen LogP contribution in [-0.2, 0) is 10.0 Å². The third kappa shape index (κ3) is 3.17. The average Bonchev–Trinajstić information content (AvgIpc) is 3.31. The van der Waals surface area contributed by atoms with Gasteiger partial charge in [0.1, 0.15) is 0 Å². The van der Waals surface area contributed by atoms with Crippen LogP contribution in [0.25, 0.3) is 16.9 Å². The molecule has 0 bridgehead atoms. The summed E-state index contributed by atoms with van der Waals surface area (Å²) in [5, 5.41) is 0. The van der Waals surface area contributed by atoms with Gasteiger partial charge in [0.15, 0.2) is 11.5 Å². The van der Waals surface area contributed by atoms with E-state index in [1.165, 1.54) is 12.8 Å². The monoisotopic (exact) mass is 357 g/mol. The molecule has 1 aliphatic carbocycles. The van der Waals surface area contributed by atoms with Gasteiger partial charge in [0, 0.05) is 36.7 Å². The summed E-state index contributed by atoms with van der Waals surface area (Å²) in [6, 6.07) is 7.82. The van der Waals surface area contributed by atoms with Crippen LogP contribution in [-0.4, -0.2) is 42.1 Å². The van der Waals surface area contributed by atoms with E-state index in [0.717, 1.165) is 29.0 Å². The Morgan fingerprint density at radius 1 is 1.28 bits per heavy atom. The van der Waals surface area contributed by atoms with E-state index in [1.807, 2.05) is 29.8 Å². The summed E-state index contributed by atoms with van der Waals surface area (Å²) in [4.78, 5) is 11.2. The molecule has 1 aromatic carbocycles. The summed E-state index contributed by atoms with van der Waals surface area (Å²) in [6.45, 7) is 0. The van der Waals surface area contributed by atoms with Crippen molar-refractivity contribution in [2.75, 3.05) is 22.9 Å². The lowest BCUT2D eigenvalue weighted by atomic mass is 10.1. The van der Waals surface area contributed by atoms with Crippen LogP contribution in [0.4, 0.5) is 11.5 Å². The fourth-order valence-corrected chi connectivity index (χ4v) is 3.51. The third-order valence-corrected chi connectivity index (χ3v) is 4.91. The first-order valence-electron chi connectivity index (χ1n) is 8.05. The van der Waals surface area contributed by atoms with Gasteiger partial charge in [-0.1, -0.05) is 12.1 Å². The van der Waals surface area contributed by atoms with Crippen LogP contribution in [0.15, 0.2) is 42.9 Å². The first-order chi connectivity index (χ1) is 11.9. The molecule has 1 N–H and O–H groups in total. The van der Waals surface area contributed by atoms with E-state index in [4.69, 9.17) is 0 Å². The van der Waals surface area contributed by atoms with E-state index in [-0.39, 0.29) is 0 Å². The molecule has 0 atom stereocenters. The van der Waals surface area contributed by atoms with Crippen molar-refractivity contribution in [3.05, 3.63) is 42.9 Å². The molecule has 1 fully saturated rings. The van der Waals surface area contributed by atoms with Gasteiger partial charge < -0.3 is 4.90 Å². The van der Waals surface area contributed by atoms with E-state index >= 15 is 0 Å². The largest absolute Gasteiger partial charge is 0.354 e. The smallest absolute Gasteiger partial charge is 0.229 e. The molecule has 1 saturated carbocycles. The zero-order chi connectivity index (χ0) is 17.6. The Kier molecular flexibility index (Phi) is 3.64. The highest BCUT2D eigenvalue weighted by molar-refractivity contribution is 7.92. The van der Waals surface area contributed by atoms with Crippen molar-refractivity contribution in [2.45, 2.75) is 18.9 Å². The molecule has 7 nitrogen and oxygen atoms in total. The normalized spacial score (nSPS) is 14.6. The number of imidazole rings is 1. The fraction of sp³-hybridized carbons (Fsp3) is 0.294. The lowest BCUT2D eigenvalue weighted by molar-refractivity contribution is 0.607. The molecule has 0 saturated heterocycles. The van der Waals surface area contributed by atoms with Gasteiger partial charge in [-0.15, -0.1) is 0 Å². The van der Waals surface area contributed by atoms with Gasteiger partial charge in [-0.25, -0.2) is 18.4 Å². The Morgan fingerprint density at radius 3 is 2.80 bits per heavy atom. The van der Waals surface area contributed by atoms with Crippen molar-refractivity contribution in [1.82, 2.24) is 14.4 Å². The minimum Gasteiger partial charge on any atom is -0.354 e. The Balaban J connectivity index is 1.77. The number of aromatic nitrogens is 3. The van der Waals surface area contributed by atoms with Crippen LogP contribution in [0.2, 0.25) is 0 Å². The summed E-state index contributed by atoms with van der Waals surface area (Å²) >= 11 is 0. The van der Waals surface area contributed by atoms with Gasteiger partial charge in [-0.2, -0.15) is 0 Å². The van der Waals surface area contributed by atoms with Crippen LogP contribution in [0, 0.1) is 0 Å². The van der Waals surface area contributed by atoms with Crippen molar-refractivity contribution >= 4 is 27.2 Å². The molecule has 4 rings (SSSR count). The number of rotatable bonds is 5. The van der Waals surface area contributed by atoms with Crippen LogP contribution >= 0.6 is 0 Å². The predicted molar refractivity (Wildman–Crippen MR) is 98.3 cm³/mol. The highest BCUT2D eigenvalue weighted by Gasteiger charge is 2.28. The summed E-state index contributed by atoms with van der Waals surface area (Å²) in [7, 11) is -1.27. The number of nitrogens with one attached hydrogen (secondary N) is 1. The average molecular weight is 357 g/mol. The van der Waals surface area contributed by atoms with E-state index in [0.29, 0.717) is 11.7 Å². The topological polar surface area (TPSA) is 79.6 Å².